The maximum Gasteiger partial charge on any atom is 0.270 e. The molecule has 0 N–H and O–H groups in total. The lowest BCUT2D eigenvalue weighted by Crippen LogP contribution is -2.27. The summed E-state index contributed by atoms with van der Waals surface area (Å²) in [7, 11) is 3.22. The summed E-state index contributed by atoms with van der Waals surface area (Å²) < 4.78 is 10.9. The number of carbonyl (C=O) groups excluding carboxylic acids is 1. The van der Waals surface area contributed by atoms with E-state index in [9.17, 15) is 4.79 Å². The van der Waals surface area contributed by atoms with E-state index in [2.05, 4.69) is 0 Å². The number of thioether (sulfide) groups is 1. The molecule has 1 amide bonds. The van der Waals surface area contributed by atoms with Gasteiger partial charge in [-0.2, -0.15) is 0 Å². The molecule has 1 fully saturated rings. The van der Waals surface area contributed by atoms with Crippen LogP contribution in [0.1, 0.15) is 5.56 Å². The van der Waals surface area contributed by atoms with Crippen molar-refractivity contribution in [3.05, 3.63) is 59.0 Å². The van der Waals surface area contributed by atoms with E-state index in [1.165, 1.54) is 16.7 Å². The van der Waals surface area contributed by atoms with Gasteiger partial charge >= 0.3 is 0 Å². The molecule has 2 aromatic carbocycles. The molecule has 122 valence electrons. The Hall–Kier alpha value is -2.31. The van der Waals surface area contributed by atoms with E-state index < -0.39 is 0 Å². The Labute approximate surface area is 150 Å². The van der Waals surface area contributed by atoms with Crippen molar-refractivity contribution >= 4 is 46.0 Å². The lowest BCUT2D eigenvalue weighted by molar-refractivity contribution is -0.113. The molecule has 0 saturated carbocycles. The largest absolute Gasteiger partial charge is 0.497 e. The third-order valence-electron chi connectivity index (χ3n) is 3.52. The first-order valence-corrected chi connectivity index (χ1v) is 8.41. The monoisotopic (exact) mass is 357 g/mol. The van der Waals surface area contributed by atoms with Crippen molar-refractivity contribution in [3.63, 3.8) is 0 Å². The zero-order chi connectivity index (χ0) is 17.1. The van der Waals surface area contributed by atoms with Crippen molar-refractivity contribution in [2.75, 3.05) is 19.1 Å². The Morgan fingerprint density at radius 1 is 1.04 bits per heavy atom. The summed E-state index contributed by atoms with van der Waals surface area (Å²) in [6, 6.07) is 14.8. The molecule has 1 aliphatic heterocycles. The smallest absolute Gasteiger partial charge is 0.270 e. The molecular formula is C18H15NO3S2. The summed E-state index contributed by atoms with van der Waals surface area (Å²) in [6.45, 7) is 0. The number of amides is 1. The zero-order valence-electron chi connectivity index (χ0n) is 13.2. The number of hydrogen-bond donors (Lipinski definition) is 0. The molecule has 0 radical (unpaired) electrons. The van der Waals surface area contributed by atoms with Crippen molar-refractivity contribution in [1.82, 2.24) is 0 Å². The Kier molecular flexibility index (Phi) is 4.87. The van der Waals surface area contributed by atoms with Gasteiger partial charge in [-0.15, -0.1) is 0 Å². The predicted molar refractivity (Wildman–Crippen MR) is 102 cm³/mol. The maximum absolute atomic E-state index is 12.7. The van der Waals surface area contributed by atoms with Gasteiger partial charge in [0.25, 0.3) is 5.91 Å². The molecule has 3 rings (SSSR count). The predicted octanol–water partition coefficient (Wildman–Crippen LogP) is 4.11. The number of thiocarbonyl (C=S) groups is 1. The second-order valence-corrected chi connectivity index (χ2v) is 6.67. The van der Waals surface area contributed by atoms with E-state index in [4.69, 9.17) is 21.7 Å². The van der Waals surface area contributed by atoms with Gasteiger partial charge in [0.2, 0.25) is 0 Å². The van der Waals surface area contributed by atoms with Crippen molar-refractivity contribution in [1.29, 1.82) is 0 Å². The second kappa shape index (κ2) is 7.07. The second-order valence-electron chi connectivity index (χ2n) is 4.99. The van der Waals surface area contributed by atoms with Gasteiger partial charge in [-0.3, -0.25) is 9.69 Å². The highest BCUT2D eigenvalue weighted by atomic mass is 32.2. The van der Waals surface area contributed by atoms with Gasteiger partial charge in [0, 0.05) is 0 Å². The summed E-state index contributed by atoms with van der Waals surface area (Å²) in [5.74, 6) is 1.35. The highest BCUT2D eigenvalue weighted by molar-refractivity contribution is 8.27. The number of hydrogen-bond acceptors (Lipinski definition) is 5. The van der Waals surface area contributed by atoms with Crippen LogP contribution in [-0.2, 0) is 4.79 Å². The van der Waals surface area contributed by atoms with Crippen LogP contribution in [0.15, 0.2) is 53.4 Å². The first kappa shape index (κ1) is 16.5. The number of anilines is 1. The summed E-state index contributed by atoms with van der Waals surface area (Å²) in [5.41, 5.74) is 1.62. The van der Waals surface area contributed by atoms with Crippen LogP contribution in [-0.4, -0.2) is 24.4 Å². The number of methoxy groups -OCH3 is 2. The normalized spacial score (nSPS) is 15.9. The van der Waals surface area contributed by atoms with Gasteiger partial charge in [-0.1, -0.05) is 36.1 Å². The molecule has 0 aliphatic carbocycles. The van der Waals surface area contributed by atoms with Gasteiger partial charge in [-0.05, 0) is 48.0 Å². The van der Waals surface area contributed by atoms with Crippen molar-refractivity contribution in [2.24, 2.45) is 0 Å². The average Bonchev–Trinajstić information content (AvgIpc) is 2.89. The molecule has 0 bridgehead atoms. The van der Waals surface area contributed by atoms with Gasteiger partial charge in [-0.25, -0.2) is 0 Å². The minimum absolute atomic E-state index is 0.127. The lowest BCUT2D eigenvalue weighted by Gasteiger charge is -2.14. The topological polar surface area (TPSA) is 38.8 Å². The number of carbonyl (C=O) groups is 1. The van der Waals surface area contributed by atoms with E-state index >= 15 is 0 Å². The first-order chi connectivity index (χ1) is 11.6. The summed E-state index contributed by atoms with van der Waals surface area (Å²) in [6.07, 6.45) is 1.82. The molecule has 2 aromatic rings. The molecule has 1 saturated heterocycles. The van der Waals surface area contributed by atoms with Gasteiger partial charge in [0.1, 0.15) is 11.5 Å². The van der Waals surface area contributed by atoms with Crippen LogP contribution in [0.25, 0.3) is 6.08 Å². The Morgan fingerprint density at radius 3 is 2.42 bits per heavy atom. The van der Waals surface area contributed by atoms with Crippen LogP contribution < -0.4 is 14.4 Å². The van der Waals surface area contributed by atoms with Crippen molar-refractivity contribution < 1.29 is 14.3 Å². The van der Waals surface area contributed by atoms with Crippen molar-refractivity contribution in [3.8, 4) is 11.5 Å². The van der Waals surface area contributed by atoms with E-state index in [0.29, 0.717) is 9.23 Å². The number of benzene rings is 2. The molecule has 0 unspecified atom stereocenters. The molecule has 1 aliphatic rings. The average molecular weight is 357 g/mol. The van der Waals surface area contributed by atoms with Gasteiger partial charge in [0.15, 0.2) is 4.32 Å². The van der Waals surface area contributed by atoms with Crippen LogP contribution >= 0.6 is 24.0 Å². The van der Waals surface area contributed by atoms with Gasteiger partial charge < -0.3 is 9.47 Å². The standard InChI is InChI=1S/C18H15NO3S2/c1-21-14-8-6-13(7-9-14)19-17(20)16(24-18(19)23)11-12-4-3-5-15(10-12)22-2/h3-11H,1-2H3/b16-11-. The summed E-state index contributed by atoms with van der Waals surface area (Å²) in [4.78, 5) is 14.8. The molecular weight excluding hydrogens is 342 g/mol. The molecule has 0 atom stereocenters. The molecule has 1 heterocycles. The molecule has 24 heavy (non-hydrogen) atoms. The number of rotatable bonds is 4. The van der Waals surface area contributed by atoms with Crippen LogP contribution in [0.2, 0.25) is 0 Å². The Morgan fingerprint density at radius 2 is 1.75 bits per heavy atom. The fourth-order valence-electron chi connectivity index (χ4n) is 2.30. The first-order valence-electron chi connectivity index (χ1n) is 7.18. The van der Waals surface area contributed by atoms with Crippen molar-refractivity contribution in [2.45, 2.75) is 0 Å². The van der Waals surface area contributed by atoms with E-state index in [0.717, 1.165) is 22.7 Å². The quantitative estimate of drug-likeness (QED) is 0.608. The van der Waals surface area contributed by atoms with Crippen LogP contribution in [0.5, 0.6) is 11.5 Å². The van der Waals surface area contributed by atoms with Crippen LogP contribution in [0.3, 0.4) is 0 Å². The third-order valence-corrected chi connectivity index (χ3v) is 4.82. The molecule has 0 spiro atoms. The van der Waals surface area contributed by atoms with Gasteiger partial charge in [0.05, 0.1) is 24.8 Å². The van der Waals surface area contributed by atoms with Crippen LogP contribution in [0.4, 0.5) is 5.69 Å². The lowest BCUT2D eigenvalue weighted by atomic mass is 10.2. The highest BCUT2D eigenvalue weighted by Gasteiger charge is 2.33. The van der Waals surface area contributed by atoms with Crippen LogP contribution in [0, 0.1) is 0 Å². The molecule has 0 aromatic heterocycles. The fraction of sp³-hybridized carbons (Fsp3) is 0.111. The fourth-order valence-corrected chi connectivity index (χ4v) is 3.60. The zero-order valence-corrected chi connectivity index (χ0v) is 14.8. The summed E-state index contributed by atoms with van der Waals surface area (Å²) >= 11 is 6.67. The number of ether oxygens (including phenoxy) is 2. The molecule has 6 heteroatoms. The number of nitrogens with zero attached hydrogens (tertiary/aromatic N) is 1. The Bertz CT molecular complexity index is 815. The summed E-state index contributed by atoms with van der Waals surface area (Å²) in [5, 5.41) is 0. The maximum atomic E-state index is 12.7. The van der Waals surface area contributed by atoms with E-state index in [-0.39, 0.29) is 5.91 Å². The third kappa shape index (κ3) is 3.29. The minimum Gasteiger partial charge on any atom is -0.497 e. The minimum atomic E-state index is -0.127. The van der Waals surface area contributed by atoms with E-state index in [1.54, 1.807) is 26.4 Å². The SMILES string of the molecule is COc1ccc(N2C(=O)/C(=C/c3cccc(OC)c3)SC2=S)cc1. The Balaban J connectivity index is 1.89. The molecule has 4 nitrogen and oxygen atoms in total. The highest BCUT2D eigenvalue weighted by Crippen LogP contribution is 2.36. The van der Waals surface area contributed by atoms with E-state index in [1.807, 2.05) is 42.5 Å².